The number of fused-ring (bicyclic) bond motifs is 1. The Hall–Kier alpha value is -1.89. The van der Waals surface area contributed by atoms with E-state index in [-0.39, 0.29) is 6.54 Å². The van der Waals surface area contributed by atoms with Crippen LogP contribution >= 0.6 is 15.9 Å². The number of hydrogen-bond acceptors (Lipinski definition) is 4. The van der Waals surface area contributed by atoms with E-state index >= 15 is 0 Å². The predicted molar refractivity (Wildman–Crippen MR) is 74.6 cm³/mol. The number of pyridine rings is 1. The van der Waals surface area contributed by atoms with Crippen LogP contribution in [0, 0.1) is 17.0 Å². The van der Waals surface area contributed by atoms with Crippen molar-refractivity contribution in [3.63, 3.8) is 0 Å². The van der Waals surface area contributed by atoms with Gasteiger partial charge in [-0.2, -0.15) is 0 Å². The van der Waals surface area contributed by atoms with Gasteiger partial charge in [0.1, 0.15) is 0 Å². The van der Waals surface area contributed by atoms with Crippen molar-refractivity contribution in [3.05, 3.63) is 42.6 Å². The van der Waals surface area contributed by atoms with E-state index in [4.69, 9.17) is 0 Å². The molecule has 0 bridgehead atoms. The van der Waals surface area contributed by atoms with Crippen molar-refractivity contribution in [2.24, 2.45) is 0 Å². The van der Waals surface area contributed by atoms with Gasteiger partial charge in [0.15, 0.2) is 0 Å². The maximum atomic E-state index is 12.1. The summed E-state index contributed by atoms with van der Waals surface area (Å²) in [5.74, 6) is -0.578. The Bertz CT molecular complexity index is 752. The zero-order valence-electron chi connectivity index (χ0n) is 10.3. The number of nitro groups is 1. The first-order valence-electron chi connectivity index (χ1n) is 5.59. The van der Waals surface area contributed by atoms with Crippen molar-refractivity contribution in [2.75, 3.05) is 0 Å². The Morgan fingerprint density at radius 2 is 2.11 bits per heavy atom. The van der Waals surface area contributed by atoms with Gasteiger partial charge in [0, 0.05) is 16.4 Å². The molecule has 100 valence electrons. The van der Waals surface area contributed by atoms with Crippen LogP contribution in [0.4, 0.5) is 5.69 Å². The molecular formula is C12H11BrN2O4. The minimum absolute atomic E-state index is 0.285. The summed E-state index contributed by atoms with van der Waals surface area (Å²) in [6, 6.07) is 3.24. The van der Waals surface area contributed by atoms with Crippen LogP contribution in [-0.2, 0) is 6.54 Å². The van der Waals surface area contributed by atoms with Gasteiger partial charge in [-0.1, -0.05) is 15.9 Å². The number of rotatable bonds is 2. The van der Waals surface area contributed by atoms with E-state index < -0.39 is 21.9 Å². The quantitative estimate of drug-likeness (QED) is 0.679. The molecule has 1 heterocycles. The fourth-order valence-corrected chi connectivity index (χ4v) is 2.46. The van der Waals surface area contributed by atoms with Gasteiger partial charge in [-0.05, 0) is 31.5 Å². The third-order valence-corrected chi connectivity index (χ3v) is 3.92. The largest absolute Gasteiger partial charge is 0.501 e. The van der Waals surface area contributed by atoms with Crippen LogP contribution in [0.3, 0.4) is 0 Å². The van der Waals surface area contributed by atoms with Gasteiger partial charge in [-0.25, -0.2) is 0 Å². The summed E-state index contributed by atoms with van der Waals surface area (Å²) >= 11 is 3.35. The molecule has 2 rings (SSSR count). The first-order valence-corrected chi connectivity index (χ1v) is 6.38. The summed E-state index contributed by atoms with van der Waals surface area (Å²) in [6.07, 6.45) is 0. The van der Waals surface area contributed by atoms with Crippen molar-refractivity contribution in [1.29, 1.82) is 0 Å². The normalized spacial score (nSPS) is 10.9. The van der Waals surface area contributed by atoms with E-state index in [1.807, 2.05) is 0 Å². The molecular weight excluding hydrogens is 316 g/mol. The summed E-state index contributed by atoms with van der Waals surface area (Å²) in [5, 5.41) is 21.2. The lowest BCUT2D eigenvalue weighted by molar-refractivity contribution is -0.387. The minimum atomic E-state index is -0.847. The van der Waals surface area contributed by atoms with Crippen LogP contribution in [0.5, 0.6) is 5.75 Å². The molecule has 0 saturated carbocycles. The van der Waals surface area contributed by atoms with Gasteiger partial charge in [0.2, 0.25) is 5.75 Å². The molecule has 0 amide bonds. The highest BCUT2D eigenvalue weighted by atomic mass is 79.9. The summed E-state index contributed by atoms with van der Waals surface area (Å²) < 4.78 is 2.07. The first kappa shape index (κ1) is 13.5. The van der Waals surface area contributed by atoms with Crippen LogP contribution in [0.15, 0.2) is 21.4 Å². The molecule has 0 radical (unpaired) electrons. The van der Waals surface area contributed by atoms with E-state index in [1.54, 1.807) is 26.0 Å². The maximum Gasteiger partial charge on any atom is 0.375 e. The molecule has 6 nitrogen and oxygen atoms in total. The third kappa shape index (κ3) is 1.90. The Labute approximate surface area is 116 Å². The molecule has 1 aromatic carbocycles. The van der Waals surface area contributed by atoms with Crippen molar-refractivity contribution >= 4 is 32.5 Å². The van der Waals surface area contributed by atoms with Gasteiger partial charge < -0.3 is 9.67 Å². The van der Waals surface area contributed by atoms with Gasteiger partial charge in [-0.15, -0.1) is 0 Å². The summed E-state index contributed by atoms with van der Waals surface area (Å²) in [5.41, 5.74) is -0.318. The maximum absolute atomic E-state index is 12.1. The fourth-order valence-electron chi connectivity index (χ4n) is 2.14. The number of hydrogen-bond donors (Lipinski definition) is 1. The van der Waals surface area contributed by atoms with Crippen molar-refractivity contribution in [3.8, 4) is 5.75 Å². The second-order valence-corrected chi connectivity index (χ2v) is 4.93. The molecule has 0 aliphatic carbocycles. The van der Waals surface area contributed by atoms with Crippen LogP contribution < -0.4 is 5.56 Å². The number of aromatic hydroxyl groups is 1. The highest BCUT2D eigenvalue weighted by Crippen LogP contribution is 2.34. The van der Waals surface area contributed by atoms with Gasteiger partial charge in [0.25, 0.3) is 0 Å². The number of aromatic nitrogens is 1. The average molecular weight is 327 g/mol. The molecule has 0 atom stereocenters. The van der Waals surface area contributed by atoms with Gasteiger partial charge in [0.05, 0.1) is 10.4 Å². The minimum Gasteiger partial charge on any atom is -0.501 e. The van der Waals surface area contributed by atoms with Crippen LogP contribution in [-0.4, -0.2) is 14.6 Å². The summed E-state index contributed by atoms with van der Waals surface area (Å²) in [4.78, 5) is 22.2. The Morgan fingerprint density at radius 3 is 2.63 bits per heavy atom. The first-order chi connectivity index (χ1) is 8.90. The Kier molecular flexibility index (Phi) is 3.32. The molecule has 0 spiro atoms. The predicted octanol–water partition coefficient (Wildman–Crippen LogP) is 2.71. The van der Waals surface area contributed by atoms with E-state index in [0.717, 1.165) is 10.0 Å². The molecule has 0 aliphatic rings. The number of benzene rings is 1. The molecule has 1 aromatic heterocycles. The highest BCUT2D eigenvalue weighted by molar-refractivity contribution is 9.10. The number of aryl methyl sites for hydroxylation is 2. The van der Waals surface area contributed by atoms with Crippen molar-refractivity contribution in [1.82, 2.24) is 4.57 Å². The standard InChI is InChI=1S/C12H11BrN2O4/c1-3-14-9-6(2)8(13)5-4-7(9)11(16)10(12(14)17)15(18)19/h4-5,16H,3H2,1-2H3. The lowest BCUT2D eigenvalue weighted by Gasteiger charge is -2.13. The monoisotopic (exact) mass is 326 g/mol. The second kappa shape index (κ2) is 4.65. The van der Waals surface area contributed by atoms with E-state index in [2.05, 4.69) is 15.9 Å². The van der Waals surface area contributed by atoms with Crippen molar-refractivity contribution < 1.29 is 10.0 Å². The molecule has 0 fully saturated rings. The highest BCUT2D eigenvalue weighted by Gasteiger charge is 2.26. The number of halogens is 1. The molecule has 0 saturated heterocycles. The molecule has 2 aromatic rings. The molecule has 0 unspecified atom stereocenters. The summed E-state index contributed by atoms with van der Waals surface area (Å²) in [7, 11) is 0. The fraction of sp³-hybridized carbons (Fsp3) is 0.250. The molecule has 19 heavy (non-hydrogen) atoms. The van der Waals surface area contributed by atoms with Gasteiger partial charge in [-0.3, -0.25) is 14.9 Å². The lowest BCUT2D eigenvalue weighted by atomic mass is 10.1. The second-order valence-electron chi connectivity index (χ2n) is 4.07. The van der Waals surface area contributed by atoms with Crippen LogP contribution in [0.25, 0.3) is 10.9 Å². The average Bonchev–Trinajstić information content (AvgIpc) is 2.34. The third-order valence-electron chi connectivity index (χ3n) is 3.06. The smallest absolute Gasteiger partial charge is 0.375 e. The Morgan fingerprint density at radius 1 is 1.47 bits per heavy atom. The summed E-state index contributed by atoms with van der Waals surface area (Å²) in [6.45, 7) is 3.79. The van der Waals surface area contributed by atoms with E-state index in [1.165, 1.54) is 4.57 Å². The molecule has 0 aliphatic heterocycles. The van der Waals surface area contributed by atoms with Crippen molar-refractivity contribution in [2.45, 2.75) is 20.4 Å². The van der Waals surface area contributed by atoms with Crippen LogP contribution in [0.1, 0.15) is 12.5 Å². The van der Waals surface area contributed by atoms with Crippen LogP contribution in [0.2, 0.25) is 0 Å². The zero-order valence-corrected chi connectivity index (χ0v) is 11.9. The Balaban J connectivity index is 3.14. The van der Waals surface area contributed by atoms with E-state index in [9.17, 15) is 20.0 Å². The SMILES string of the molecule is CCn1c(=O)c([N+](=O)[O-])c(O)c2ccc(Br)c(C)c21. The molecule has 7 heteroatoms. The molecule has 1 N–H and O–H groups in total. The topological polar surface area (TPSA) is 85.4 Å². The van der Waals surface area contributed by atoms with E-state index in [0.29, 0.717) is 10.9 Å². The lowest BCUT2D eigenvalue weighted by Crippen LogP contribution is -2.23. The van der Waals surface area contributed by atoms with Gasteiger partial charge >= 0.3 is 11.2 Å². The zero-order chi connectivity index (χ0) is 14.3. The number of nitrogens with zero attached hydrogens (tertiary/aromatic N) is 2.